The molecule has 2 aromatic carbocycles. The van der Waals surface area contributed by atoms with Crippen LogP contribution in [0.25, 0.3) is 33.8 Å². The number of aliphatic hydroxyl groups is 1. The van der Waals surface area contributed by atoms with Crippen LogP contribution in [0.3, 0.4) is 0 Å². The average molecular weight is 623 g/mol. The van der Waals surface area contributed by atoms with E-state index < -0.39 is 43.8 Å². The summed E-state index contributed by atoms with van der Waals surface area (Å²) in [5.41, 5.74) is 1.78. The SMILES string of the molecule is CC(C)(C)OC(=O)N[C@H]1CCC[C@@H](n2c(-c3ccccc3F)nc3ccc(-c4ncn(COCC[Si](C)(C)C)n4)cc32)[C@H]1O. The number of hydrogen-bond acceptors (Lipinski definition) is 7. The van der Waals surface area contributed by atoms with E-state index in [0.717, 1.165) is 18.0 Å². The number of ether oxygens (including phenoxy) is 2. The molecule has 5 rings (SSSR count). The molecule has 0 bridgehead atoms. The molecule has 10 nitrogen and oxygen atoms in total. The number of carbonyl (C=O) groups is 1. The predicted octanol–water partition coefficient (Wildman–Crippen LogP) is 6.39. The number of nitrogens with one attached hydrogen (secondary N) is 1. The van der Waals surface area contributed by atoms with Gasteiger partial charge in [0, 0.05) is 20.2 Å². The first kappa shape index (κ1) is 31.8. The van der Waals surface area contributed by atoms with Crippen LogP contribution < -0.4 is 5.32 Å². The Morgan fingerprint density at radius 1 is 1.16 bits per heavy atom. The van der Waals surface area contributed by atoms with E-state index in [9.17, 15) is 9.90 Å². The van der Waals surface area contributed by atoms with E-state index in [1.165, 1.54) is 6.07 Å². The maximum atomic E-state index is 15.2. The summed E-state index contributed by atoms with van der Waals surface area (Å²) >= 11 is 0. The lowest BCUT2D eigenvalue weighted by Crippen LogP contribution is -2.50. The molecule has 236 valence electrons. The maximum absolute atomic E-state index is 15.2. The van der Waals surface area contributed by atoms with Gasteiger partial charge in [-0.05, 0) is 76.4 Å². The minimum absolute atomic E-state index is 0.315. The van der Waals surface area contributed by atoms with E-state index in [-0.39, 0.29) is 0 Å². The molecule has 44 heavy (non-hydrogen) atoms. The minimum atomic E-state index is -1.19. The van der Waals surface area contributed by atoms with Crippen molar-refractivity contribution in [3.8, 4) is 22.8 Å². The fraction of sp³-hybridized carbons (Fsp3) is 0.500. The summed E-state index contributed by atoms with van der Waals surface area (Å²) < 4.78 is 30.0. The fourth-order valence-electron chi connectivity index (χ4n) is 5.48. The molecule has 2 N–H and O–H groups in total. The molecule has 1 saturated carbocycles. The molecular weight excluding hydrogens is 579 g/mol. The van der Waals surface area contributed by atoms with Crippen LogP contribution >= 0.6 is 0 Å². The summed E-state index contributed by atoms with van der Waals surface area (Å²) in [4.78, 5) is 22.0. The third-order valence-electron chi connectivity index (χ3n) is 7.67. The zero-order valence-electron chi connectivity index (χ0n) is 26.4. The Morgan fingerprint density at radius 3 is 2.66 bits per heavy atom. The molecule has 12 heteroatoms. The highest BCUT2D eigenvalue weighted by molar-refractivity contribution is 6.76. The summed E-state index contributed by atoms with van der Waals surface area (Å²) in [5.74, 6) is 0.522. The van der Waals surface area contributed by atoms with Crippen molar-refractivity contribution < 1.29 is 23.8 Å². The van der Waals surface area contributed by atoms with Crippen molar-refractivity contribution in [2.24, 2.45) is 0 Å². The van der Waals surface area contributed by atoms with Crippen LogP contribution in [0.15, 0.2) is 48.8 Å². The molecular formula is C32H43FN6O4Si. The number of alkyl carbamates (subject to hydrolysis) is 1. The molecule has 1 aliphatic rings. The van der Waals surface area contributed by atoms with Crippen molar-refractivity contribution in [3.63, 3.8) is 0 Å². The molecule has 1 amide bonds. The number of carbonyl (C=O) groups excluding carboxylic acids is 1. The quantitative estimate of drug-likeness (QED) is 0.164. The average Bonchev–Trinajstić information content (AvgIpc) is 3.56. The topological polar surface area (TPSA) is 116 Å². The number of fused-ring (bicyclic) bond motifs is 1. The fourth-order valence-corrected chi connectivity index (χ4v) is 6.24. The van der Waals surface area contributed by atoms with Gasteiger partial charge in [0.1, 0.15) is 30.3 Å². The van der Waals surface area contributed by atoms with Crippen LogP contribution in [0.1, 0.15) is 46.1 Å². The summed E-state index contributed by atoms with van der Waals surface area (Å²) in [6.45, 7) is 13.3. The summed E-state index contributed by atoms with van der Waals surface area (Å²) in [5, 5.41) is 19.1. The number of amides is 1. The molecule has 0 unspecified atom stereocenters. The minimum Gasteiger partial charge on any atom is -0.444 e. The highest BCUT2D eigenvalue weighted by atomic mass is 28.3. The number of nitrogens with zero attached hydrogens (tertiary/aromatic N) is 5. The summed E-state index contributed by atoms with van der Waals surface area (Å²) in [6, 6.07) is 12.2. The predicted molar refractivity (Wildman–Crippen MR) is 170 cm³/mol. The molecule has 0 saturated heterocycles. The highest BCUT2D eigenvalue weighted by Gasteiger charge is 2.37. The number of rotatable bonds is 9. The Labute approximate surface area is 258 Å². The van der Waals surface area contributed by atoms with Crippen LogP contribution in [-0.4, -0.2) is 67.9 Å². The molecule has 0 aliphatic heterocycles. The van der Waals surface area contributed by atoms with Crippen LogP contribution in [-0.2, 0) is 16.2 Å². The van der Waals surface area contributed by atoms with Gasteiger partial charge in [0.15, 0.2) is 5.82 Å². The molecule has 2 aromatic heterocycles. The number of hydrogen-bond donors (Lipinski definition) is 2. The van der Waals surface area contributed by atoms with E-state index in [0.29, 0.717) is 54.4 Å². The summed E-state index contributed by atoms with van der Waals surface area (Å²) in [7, 11) is -1.19. The number of imidazole rings is 1. The van der Waals surface area contributed by atoms with Crippen molar-refractivity contribution in [2.75, 3.05) is 6.61 Å². The first-order chi connectivity index (χ1) is 20.8. The third kappa shape index (κ3) is 7.53. The normalized spacial score (nSPS) is 19.3. The van der Waals surface area contributed by atoms with Gasteiger partial charge in [0.25, 0.3) is 0 Å². The van der Waals surface area contributed by atoms with Crippen molar-refractivity contribution in [1.29, 1.82) is 0 Å². The second-order valence-electron chi connectivity index (χ2n) is 13.7. The first-order valence-electron chi connectivity index (χ1n) is 15.2. The van der Waals surface area contributed by atoms with Gasteiger partial charge in [0.05, 0.1) is 34.8 Å². The van der Waals surface area contributed by atoms with Crippen LogP contribution in [0.5, 0.6) is 0 Å². The van der Waals surface area contributed by atoms with Crippen molar-refractivity contribution >= 4 is 25.2 Å². The largest absolute Gasteiger partial charge is 0.444 e. The van der Waals surface area contributed by atoms with Gasteiger partial charge in [-0.1, -0.05) is 31.8 Å². The molecule has 1 fully saturated rings. The van der Waals surface area contributed by atoms with Crippen molar-refractivity contribution in [3.05, 3.63) is 54.6 Å². The monoisotopic (exact) mass is 622 g/mol. The Balaban J connectivity index is 1.48. The summed E-state index contributed by atoms with van der Waals surface area (Å²) in [6.07, 6.45) is 2.04. The maximum Gasteiger partial charge on any atom is 0.407 e. The van der Waals surface area contributed by atoms with Gasteiger partial charge in [-0.3, -0.25) is 0 Å². The highest BCUT2D eigenvalue weighted by Crippen LogP contribution is 2.38. The third-order valence-corrected chi connectivity index (χ3v) is 9.38. The van der Waals surface area contributed by atoms with Crippen LogP contribution in [0, 0.1) is 5.82 Å². The van der Waals surface area contributed by atoms with E-state index in [4.69, 9.17) is 14.5 Å². The molecule has 0 spiro atoms. The number of halogens is 1. The molecule has 1 aliphatic carbocycles. The van der Waals surface area contributed by atoms with Crippen LogP contribution in [0.4, 0.5) is 9.18 Å². The van der Waals surface area contributed by atoms with Crippen molar-refractivity contribution in [1.82, 2.24) is 29.6 Å². The second-order valence-corrected chi connectivity index (χ2v) is 19.3. The molecule has 3 atom stereocenters. The Bertz CT molecular complexity index is 1610. The zero-order valence-corrected chi connectivity index (χ0v) is 27.4. The van der Waals surface area contributed by atoms with Gasteiger partial charge in [0.2, 0.25) is 0 Å². The number of aromatic nitrogens is 5. The standard InChI is InChI=1S/C32H43FN6O4Si/c1-32(2,3)43-31(41)36-25-12-9-13-26(28(25)40)39-27-18-21(29-34-19-38(37-29)20-42-16-17-44(4,5)6)14-15-24(27)35-30(39)22-10-7-8-11-23(22)33/h7-8,10-11,14-15,18-19,25-26,28,40H,9,12-13,16-17,20H2,1-6H3,(H,36,41)/t25-,26+,28-/m0/s1. The molecule has 4 aromatic rings. The van der Waals surface area contributed by atoms with Gasteiger partial charge in [-0.15, -0.1) is 5.10 Å². The zero-order chi connectivity index (χ0) is 31.6. The lowest BCUT2D eigenvalue weighted by Gasteiger charge is -2.37. The Hall–Kier alpha value is -3.61. The van der Waals surface area contributed by atoms with Gasteiger partial charge in [-0.2, -0.15) is 0 Å². The Kier molecular flexibility index (Phi) is 9.24. The molecule has 2 heterocycles. The van der Waals surface area contributed by atoms with Crippen LogP contribution in [0.2, 0.25) is 25.7 Å². The lowest BCUT2D eigenvalue weighted by molar-refractivity contribution is 0.0218. The first-order valence-corrected chi connectivity index (χ1v) is 18.9. The Morgan fingerprint density at radius 2 is 1.93 bits per heavy atom. The van der Waals surface area contributed by atoms with Gasteiger partial charge >= 0.3 is 6.09 Å². The van der Waals surface area contributed by atoms with E-state index in [2.05, 4.69) is 35.0 Å². The smallest absolute Gasteiger partial charge is 0.407 e. The second kappa shape index (κ2) is 12.8. The van der Waals surface area contributed by atoms with E-state index in [1.54, 1.807) is 50.0 Å². The number of benzene rings is 2. The van der Waals surface area contributed by atoms with E-state index in [1.807, 2.05) is 22.8 Å². The molecule has 0 radical (unpaired) electrons. The van der Waals surface area contributed by atoms with E-state index >= 15 is 4.39 Å². The van der Waals surface area contributed by atoms with Crippen molar-refractivity contribution in [2.45, 2.75) is 96.2 Å². The number of aliphatic hydroxyl groups excluding tert-OH is 1. The van der Waals surface area contributed by atoms with Gasteiger partial charge in [-0.25, -0.2) is 23.8 Å². The van der Waals surface area contributed by atoms with Gasteiger partial charge < -0.3 is 24.5 Å². The lowest BCUT2D eigenvalue weighted by atomic mass is 9.87.